The number of aromatic nitrogens is 4. The van der Waals surface area contributed by atoms with Gasteiger partial charge in [-0.2, -0.15) is 18.3 Å². The van der Waals surface area contributed by atoms with Crippen molar-refractivity contribution in [2.75, 3.05) is 25.1 Å². The number of benzene rings is 1. The molecule has 2 aliphatic rings. The summed E-state index contributed by atoms with van der Waals surface area (Å²) in [6.45, 7) is 2.92. The van der Waals surface area contributed by atoms with E-state index in [-0.39, 0.29) is 18.2 Å². The van der Waals surface area contributed by atoms with E-state index in [1.807, 2.05) is 47.6 Å². The highest BCUT2D eigenvalue weighted by molar-refractivity contribution is 5.92. The highest BCUT2D eigenvalue weighted by Gasteiger charge is 2.38. The molecule has 3 N–H and O–H groups in total. The summed E-state index contributed by atoms with van der Waals surface area (Å²) in [7, 11) is 1.96. The minimum Gasteiger partial charge on any atom is -0.490 e. The van der Waals surface area contributed by atoms with Gasteiger partial charge in [-0.1, -0.05) is 0 Å². The van der Waals surface area contributed by atoms with Crippen LogP contribution in [0.2, 0.25) is 0 Å². The zero-order valence-corrected chi connectivity index (χ0v) is 21.7. The van der Waals surface area contributed by atoms with Crippen LogP contribution >= 0.6 is 0 Å². The maximum Gasteiger partial charge on any atom is 0.415 e. The number of halogens is 3. The van der Waals surface area contributed by atoms with E-state index in [0.717, 1.165) is 42.0 Å². The molecule has 0 radical (unpaired) electrons. The molecule has 0 spiro atoms. The third-order valence-electron chi connectivity index (χ3n) is 7.52. The van der Waals surface area contributed by atoms with Gasteiger partial charge in [0.15, 0.2) is 11.9 Å². The van der Waals surface area contributed by atoms with Gasteiger partial charge in [0.2, 0.25) is 0 Å². The molecule has 0 bridgehead atoms. The first-order valence-corrected chi connectivity index (χ1v) is 13.2. The number of fused-ring (bicyclic) bond motifs is 1. The van der Waals surface area contributed by atoms with Crippen molar-refractivity contribution in [3.05, 3.63) is 30.2 Å². The third-order valence-corrected chi connectivity index (χ3v) is 7.52. The van der Waals surface area contributed by atoms with Crippen LogP contribution < -0.4 is 15.4 Å². The van der Waals surface area contributed by atoms with Crippen LogP contribution in [-0.4, -0.2) is 68.6 Å². The Balaban J connectivity index is 1.26. The highest BCUT2D eigenvalue weighted by Crippen LogP contribution is 2.34. The fourth-order valence-electron chi connectivity index (χ4n) is 5.19. The zero-order chi connectivity index (χ0) is 26.9. The number of aliphatic hydroxyl groups excluding tert-OH is 1. The number of anilines is 2. The van der Waals surface area contributed by atoms with Crippen LogP contribution in [0.25, 0.3) is 11.0 Å². The number of imidazole rings is 1. The molecule has 5 rings (SSSR count). The van der Waals surface area contributed by atoms with E-state index < -0.39 is 18.8 Å². The van der Waals surface area contributed by atoms with Crippen molar-refractivity contribution in [2.24, 2.45) is 7.05 Å². The van der Waals surface area contributed by atoms with Gasteiger partial charge in [-0.3, -0.25) is 4.68 Å². The molecule has 9 nitrogen and oxygen atoms in total. The van der Waals surface area contributed by atoms with Crippen LogP contribution in [-0.2, 0) is 11.8 Å². The smallest absolute Gasteiger partial charge is 0.415 e. The van der Waals surface area contributed by atoms with Gasteiger partial charge in [-0.25, -0.2) is 4.98 Å². The Morgan fingerprint density at radius 3 is 2.71 bits per heavy atom. The molecule has 3 aromatic rings. The molecular weight excluding hydrogens is 501 g/mol. The van der Waals surface area contributed by atoms with Crippen LogP contribution in [0.4, 0.5) is 24.7 Å². The Morgan fingerprint density at radius 2 is 2.00 bits per heavy atom. The normalized spacial score (nSPS) is 23.5. The number of aryl methyl sites for hydroxylation is 2. The lowest BCUT2D eigenvalue weighted by atomic mass is 9.93. The second-order valence-corrected chi connectivity index (χ2v) is 10.3. The molecule has 2 fully saturated rings. The summed E-state index contributed by atoms with van der Waals surface area (Å²) in [5.41, 5.74) is 2.55. The standard InChI is InChI=1S/C26H35F3N6O3/c1-16-31-25-21(32-24-9-10-35(33-24)18-4-3-11-37-15-18)12-20(13-22(25)34(16)2)38-19-7-5-17(6-8-19)30-14-23(36)26(27,28)29/h9-10,12-13,17-19,23,30,36H,3-8,11,14-15H2,1-2H3,(H,32,33)/t17-,18-,19+,23-/m1/s1. The van der Waals surface area contributed by atoms with Crippen LogP contribution in [0.5, 0.6) is 5.75 Å². The Hall–Kier alpha value is -2.83. The molecule has 2 aromatic heterocycles. The van der Waals surface area contributed by atoms with Gasteiger partial charge in [-0.05, 0) is 45.4 Å². The summed E-state index contributed by atoms with van der Waals surface area (Å²) in [4.78, 5) is 4.74. The topological polar surface area (TPSA) is 98.4 Å². The molecule has 1 aromatic carbocycles. The van der Waals surface area contributed by atoms with E-state index in [1.165, 1.54) is 0 Å². The fraction of sp³-hybridized carbons (Fsp3) is 0.615. The summed E-state index contributed by atoms with van der Waals surface area (Å²) in [6.07, 6.45) is -0.219. The maximum absolute atomic E-state index is 12.6. The van der Waals surface area contributed by atoms with Crippen molar-refractivity contribution in [1.82, 2.24) is 24.6 Å². The van der Waals surface area contributed by atoms with Crippen molar-refractivity contribution >= 4 is 22.5 Å². The Labute approximate surface area is 219 Å². The van der Waals surface area contributed by atoms with Crippen molar-refractivity contribution in [1.29, 1.82) is 0 Å². The van der Waals surface area contributed by atoms with Crippen molar-refractivity contribution in [3.8, 4) is 5.75 Å². The van der Waals surface area contributed by atoms with Crippen LogP contribution in [0.15, 0.2) is 24.4 Å². The van der Waals surface area contributed by atoms with Crippen LogP contribution in [0.1, 0.15) is 50.4 Å². The quantitative estimate of drug-likeness (QED) is 0.393. The van der Waals surface area contributed by atoms with Gasteiger partial charge in [0, 0.05) is 50.6 Å². The molecule has 208 valence electrons. The average molecular weight is 537 g/mol. The average Bonchev–Trinajstić information content (AvgIpc) is 3.48. The van der Waals surface area contributed by atoms with E-state index in [2.05, 4.69) is 10.6 Å². The Bertz CT molecular complexity index is 1230. The zero-order valence-electron chi connectivity index (χ0n) is 21.7. The SMILES string of the molecule is Cc1nc2c(Nc3ccn([C@@H]4CCCOC4)n3)cc(O[C@H]3CC[C@@H](NC[C@@H](O)C(F)(F)F)CC3)cc2n1C. The van der Waals surface area contributed by atoms with Gasteiger partial charge >= 0.3 is 6.18 Å². The fourth-order valence-corrected chi connectivity index (χ4v) is 5.19. The number of nitrogens with one attached hydrogen (secondary N) is 2. The summed E-state index contributed by atoms with van der Waals surface area (Å²) >= 11 is 0. The molecular formula is C26H35F3N6O3. The minimum atomic E-state index is -4.61. The third kappa shape index (κ3) is 6.08. The number of hydrogen-bond acceptors (Lipinski definition) is 7. The van der Waals surface area contributed by atoms with Gasteiger partial charge in [0.1, 0.15) is 17.1 Å². The van der Waals surface area contributed by atoms with E-state index in [4.69, 9.17) is 19.6 Å². The lowest BCUT2D eigenvalue weighted by Crippen LogP contribution is -2.44. The van der Waals surface area contributed by atoms with Crippen molar-refractivity contribution < 1.29 is 27.8 Å². The largest absolute Gasteiger partial charge is 0.490 e. The van der Waals surface area contributed by atoms with Gasteiger partial charge in [0.25, 0.3) is 0 Å². The van der Waals surface area contributed by atoms with E-state index in [1.54, 1.807) is 0 Å². The number of aliphatic hydroxyl groups is 1. The maximum atomic E-state index is 12.6. The molecule has 38 heavy (non-hydrogen) atoms. The van der Waals surface area contributed by atoms with Crippen molar-refractivity contribution in [3.63, 3.8) is 0 Å². The number of hydrogen-bond donors (Lipinski definition) is 3. The second kappa shape index (κ2) is 11.1. The monoisotopic (exact) mass is 536 g/mol. The molecule has 1 aliphatic heterocycles. The van der Waals surface area contributed by atoms with E-state index >= 15 is 0 Å². The molecule has 1 aliphatic carbocycles. The number of nitrogens with zero attached hydrogens (tertiary/aromatic N) is 4. The lowest BCUT2D eigenvalue weighted by Gasteiger charge is -2.30. The summed E-state index contributed by atoms with van der Waals surface area (Å²) < 4.78 is 53.6. The lowest BCUT2D eigenvalue weighted by molar-refractivity contribution is -0.202. The van der Waals surface area contributed by atoms with Crippen molar-refractivity contribution in [2.45, 2.75) is 75.9 Å². The molecule has 0 amide bonds. The van der Waals surface area contributed by atoms with Gasteiger partial charge < -0.3 is 29.8 Å². The summed E-state index contributed by atoms with van der Waals surface area (Å²) in [5.74, 6) is 2.29. The predicted molar refractivity (Wildman–Crippen MR) is 137 cm³/mol. The molecule has 0 unspecified atom stereocenters. The first kappa shape index (κ1) is 26.8. The number of ether oxygens (including phenoxy) is 2. The Morgan fingerprint density at radius 1 is 1.21 bits per heavy atom. The molecule has 1 saturated carbocycles. The first-order valence-electron chi connectivity index (χ1n) is 13.2. The van der Waals surface area contributed by atoms with Gasteiger partial charge in [0.05, 0.1) is 30.0 Å². The number of alkyl halides is 3. The van der Waals surface area contributed by atoms with Crippen LogP contribution in [0, 0.1) is 6.92 Å². The van der Waals surface area contributed by atoms with E-state index in [0.29, 0.717) is 43.9 Å². The predicted octanol–water partition coefficient (Wildman–Crippen LogP) is 4.38. The molecule has 2 atom stereocenters. The van der Waals surface area contributed by atoms with E-state index in [9.17, 15) is 18.3 Å². The summed E-state index contributed by atoms with van der Waals surface area (Å²) in [6, 6.07) is 6.00. The van der Waals surface area contributed by atoms with Gasteiger partial charge in [-0.15, -0.1) is 0 Å². The first-order chi connectivity index (χ1) is 18.2. The summed E-state index contributed by atoms with van der Waals surface area (Å²) in [5, 5.41) is 20.2. The van der Waals surface area contributed by atoms with Crippen LogP contribution in [0.3, 0.4) is 0 Å². The Kier molecular flexibility index (Phi) is 7.83. The highest BCUT2D eigenvalue weighted by atomic mass is 19.4. The number of rotatable bonds is 8. The minimum absolute atomic E-state index is 0.0503. The molecule has 12 heteroatoms. The molecule has 3 heterocycles. The second-order valence-electron chi connectivity index (χ2n) is 10.3. The molecule has 1 saturated heterocycles.